The van der Waals surface area contributed by atoms with E-state index in [-0.39, 0.29) is 41.9 Å². The monoisotopic (exact) mass is 659 g/mol. The molecule has 2 unspecified atom stereocenters. The molecule has 0 spiro atoms. The van der Waals surface area contributed by atoms with E-state index in [0.29, 0.717) is 52.5 Å². The molecule has 3 aliphatic rings. The number of anilines is 4. The van der Waals surface area contributed by atoms with Crippen molar-refractivity contribution < 1.29 is 19.1 Å². The van der Waals surface area contributed by atoms with Gasteiger partial charge in [-0.2, -0.15) is 4.98 Å². The lowest BCUT2D eigenvalue weighted by atomic mass is 9.87. The molecule has 2 aromatic carbocycles. The van der Waals surface area contributed by atoms with Crippen LogP contribution in [0, 0.1) is 0 Å². The summed E-state index contributed by atoms with van der Waals surface area (Å²) in [6.45, 7) is 10.7. The fraction of sp³-hybridized carbons (Fsp3) is 0.400. The number of urea groups is 1. The summed E-state index contributed by atoms with van der Waals surface area (Å²) in [5.41, 5.74) is 3.15. The van der Waals surface area contributed by atoms with E-state index >= 15 is 0 Å². The highest BCUT2D eigenvalue weighted by molar-refractivity contribution is 6.34. The van der Waals surface area contributed by atoms with Gasteiger partial charge in [0.15, 0.2) is 0 Å². The Hall–Kier alpha value is -4.48. The van der Waals surface area contributed by atoms with E-state index in [4.69, 9.17) is 16.3 Å². The van der Waals surface area contributed by atoms with Crippen LogP contribution in [0.4, 0.5) is 27.9 Å². The number of fused-ring (bicyclic) bond motifs is 1. The van der Waals surface area contributed by atoms with Crippen molar-refractivity contribution in [1.82, 2.24) is 15.3 Å². The molecule has 3 N–H and O–H groups in total. The third-order valence-electron chi connectivity index (χ3n) is 8.40. The number of rotatable bonds is 7. The zero-order valence-electron chi connectivity index (χ0n) is 27.3. The fourth-order valence-electron chi connectivity index (χ4n) is 5.19. The highest BCUT2D eigenvalue weighted by atomic mass is 35.5. The molecule has 12 heteroatoms. The topological polar surface area (TPSA) is 129 Å². The first-order valence-corrected chi connectivity index (χ1v) is 16.2. The number of carbonyl (C=O) groups is 3. The van der Waals surface area contributed by atoms with Crippen molar-refractivity contribution in [1.29, 1.82) is 0 Å². The minimum Gasteiger partial charge on any atom is -0.377 e. The smallest absolute Gasteiger partial charge is 0.330 e. The first-order chi connectivity index (χ1) is 22.4. The number of hydrogen-bond donors (Lipinski definition) is 3. The standard InChI is InChI=1S/C31H34ClN7O4.C4H8/c1-6-26(40)35-23-16-43-17-24(23)36-29-33-14-19-15-39(30(42)38(5)27(19)37-29)25-12-18(10-11-22(25)32)28(41)34-21-9-7-8-20(13-21)31(2,3)4;1-2-4-3-1/h6-14,23-24H,1,15-17H2,2-5H3,(H,34,41)(H,35,40)(H,33,36,37);1-4H2. The van der Waals surface area contributed by atoms with Crippen molar-refractivity contribution in [2.24, 2.45) is 0 Å². The molecule has 11 nitrogen and oxygen atoms in total. The Bertz CT molecular complexity index is 1650. The van der Waals surface area contributed by atoms with Gasteiger partial charge in [-0.1, -0.05) is 76.8 Å². The summed E-state index contributed by atoms with van der Waals surface area (Å²) in [7, 11) is 1.61. The Kier molecular flexibility index (Phi) is 10.5. The van der Waals surface area contributed by atoms with Crippen LogP contribution in [0.2, 0.25) is 5.02 Å². The van der Waals surface area contributed by atoms with E-state index in [1.54, 1.807) is 31.4 Å². The zero-order chi connectivity index (χ0) is 33.7. The Morgan fingerprint density at radius 3 is 2.47 bits per heavy atom. The Morgan fingerprint density at radius 2 is 1.79 bits per heavy atom. The van der Waals surface area contributed by atoms with Crippen molar-refractivity contribution >= 4 is 52.6 Å². The van der Waals surface area contributed by atoms with Gasteiger partial charge in [-0.25, -0.2) is 9.78 Å². The van der Waals surface area contributed by atoms with Gasteiger partial charge in [0.2, 0.25) is 11.9 Å². The van der Waals surface area contributed by atoms with Gasteiger partial charge in [-0.15, -0.1) is 0 Å². The van der Waals surface area contributed by atoms with Crippen LogP contribution in [0.5, 0.6) is 0 Å². The lowest BCUT2D eigenvalue weighted by Crippen LogP contribution is -2.47. The number of nitrogens with one attached hydrogen (secondary N) is 3. The van der Waals surface area contributed by atoms with Crippen molar-refractivity contribution in [3.05, 3.63) is 83.0 Å². The number of amides is 4. The molecule has 248 valence electrons. The van der Waals surface area contributed by atoms with Crippen molar-refractivity contribution in [3.63, 3.8) is 0 Å². The van der Waals surface area contributed by atoms with Gasteiger partial charge in [-0.3, -0.25) is 19.4 Å². The van der Waals surface area contributed by atoms with Crippen LogP contribution in [0.1, 0.15) is 67.9 Å². The summed E-state index contributed by atoms with van der Waals surface area (Å²) in [6, 6.07) is 11.7. The number of hydrogen-bond acceptors (Lipinski definition) is 7. The number of benzene rings is 2. The third-order valence-corrected chi connectivity index (χ3v) is 8.72. The molecule has 0 radical (unpaired) electrons. The van der Waals surface area contributed by atoms with E-state index in [2.05, 4.69) is 53.3 Å². The minimum atomic E-state index is -0.366. The fourth-order valence-corrected chi connectivity index (χ4v) is 5.41. The number of nitrogens with zero attached hydrogens (tertiary/aromatic N) is 4. The number of ether oxygens (including phenoxy) is 1. The predicted molar refractivity (Wildman–Crippen MR) is 185 cm³/mol. The number of halogens is 1. The average Bonchev–Trinajstić information content (AvgIpc) is 3.44. The molecular formula is C35H42ClN7O4. The van der Waals surface area contributed by atoms with Crippen LogP contribution in [-0.4, -0.2) is 60.2 Å². The van der Waals surface area contributed by atoms with Crippen LogP contribution in [0.25, 0.3) is 0 Å². The van der Waals surface area contributed by atoms with E-state index in [0.717, 1.165) is 5.56 Å². The van der Waals surface area contributed by atoms with Gasteiger partial charge in [0, 0.05) is 30.1 Å². The summed E-state index contributed by atoms with van der Waals surface area (Å²) >= 11 is 6.55. The second-order valence-electron chi connectivity index (χ2n) is 12.9. The van der Waals surface area contributed by atoms with Crippen LogP contribution in [0.3, 0.4) is 0 Å². The van der Waals surface area contributed by atoms with E-state index < -0.39 is 0 Å². The molecule has 1 saturated heterocycles. The lowest BCUT2D eigenvalue weighted by molar-refractivity contribution is -0.117. The van der Waals surface area contributed by atoms with Crippen molar-refractivity contribution in [3.8, 4) is 0 Å². The second-order valence-corrected chi connectivity index (χ2v) is 13.4. The molecule has 3 aromatic rings. The molecule has 2 aliphatic heterocycles. The van der Waals surface area contributed by atoms with Gasteiger partial charge < -0.3 is 20.7 Å². The SMILES string of the molecule is C1CCC1.C=CC(=O)NC1COCC1Nc1ncc2c(n1)N(C)C(=O)N(c1cc(C(=O)Nc3cccc(C(C)(C)C)c3)ccc1Cl)C2. The summed E-state index contributed by atoms with van der Waals surface area (Å²) in [4.78, 5) is 50.4. The molecule has 2 fully saturated rings. The molecule has 47 heavy (non-hydrogen) atoms. The molecule has 0 bridgehead atoms. The molecule has 1 aliphatic carbocycles. The average molecular weight is 660 g/mol. The maximum Gasteiger partial charge on any atom is 0.330 e. The predicted octanol–water partition coefficient (Wildman–Crippen LogP) is 6.30. The summed E-state index contributed by atoms with van der Waals surface area (Å²) < 4.78 is 5.51. The second kappa shape index (κ2) is 14.5. The zero-order valence-corrected chi connectivity index (χ0v) is 28.1. The van der Waals surface area contributed by atoms with Crippen molar-refractivity contribution in [2.45, 2.75) is 70.5 Å². The molecule has 2 atom stereocenters. The molecule has 1 saturated carbocycles. The first kappa shape index (κ1) is 33.9. The third kappa shape index (κ3) is 8.09. The van der Waals surface area contributed by atoms with Crippen LogP contribution >= 0.6 is 11.6 Å². The van der Waals surface area contributed by atoms with E-state index in [1.807, 2.05) is 24.3 Å². The highest BCUT2D eigenvalue weighted by Crippen LogP contribution is 2.35. The van der Waals surface area contributed by atoms with Crippen LogP contribution in [0.15, 0.2) is 61.3 Å². The Balaban J connectivity index is 0.00000101. The van der Waals surface area contributed by atoms with Gasteiger partial charge >= 0.3 is 6.03 Å². The van der Waals surface area contributed by atoms with Gasteiger partial charge in [-0.05, 0) is 47.4 Å². The van der Waals surface area contributed by atoms with Gasteiger partial charge in [0.25, 0.3) is 5.91 Å². The normalized spacial score (nSPS) is 18.7. The van der Waals surface area contributed by atoms with Crippen molar-refractivity contribution in [2.75, 3.05) is 40.7 Å². The summed E-state index contributed by atoms with van der Waals surface area (Å²) in [5.74, 6) is 0.120. The Labute approximate surface area is 280 Å². The first-order valence-electron chi connectivity index (χ1n) is 15.8. The van der Waals surface area contributed by atoms with Gasteiger partial charge in [0.05, 0.1) is 42.6 Å². The lowest BCUT2D eigenvalue weighted by Gasteiger charge is -2.34. The number of aromatic nitrogens is 2. The largest absolute Gasteiger partial charge is 0.377 e. The maximum absolute atomic E-state index is 13.5. The number of carbonyl (C=O) groups excluding carboxylic acids is 3. The highest BCUT2D eigenvalue weighted by Gasteiger charge is 2.34. The molecule has 6 rings (SSSR count). The summed E-state index contributed by atoms with van der Waals surface area (Å²) in [6.07, 6.45) is 8.84. The van der Waals surface area contributed by atoms with Crippen LogP contribution in [-0.2, 0) is 21.5 Å². The molecule has 1 aromatic heterocycles. The molecular weight excluding hydrogens is 618 g/mol. The molecule has 4 amide bonds. The minimum absolute atomic E-state index is 0.0674. The summed E-state index contributed by atoms with van der Waals surface area (Å²) in [5, 5.41) is 9.30. The van der Waals surface area contributed by atoms with E-state index in [9.17, 15) is 14.4 Å². The Morgan fingerprint density at radius 1 is 1.06 bits per heavy atom. The van der Waals surface area contributed by atoms with Gasteiger partial charge in [0.1, 0.15) is 5.82 Å². The molecule has 3 heterocycles. The quantitative estimate of drug-likeness (QED) is 0.254. The maximum atomic E-state index is 13.5. The van der Waals surface area contributed by atoms with E-state index in [1.165, 1.54) is 41.6 Å². The van der Waals surface area contributed by atoms with Crippen LogP contribution < -0.4 is 25.8 Å².